The number of hydrogen-bond acceptors (Lipinski definition) is 5. The Kier molecular flexibility index (Phi) is 3.08. The van der Waals surface area contributed by atoms with Crippen molar-refractivity contribution in [3.63, 3.8) is 0 Å². The quantitative estimate of drug-likeness (QED) is 0.610. The number of anilines is 2. The number of para-hydroxylation sites is 2. The van der Waals surface area contributed by atoms with Gasteiger partial charge in [0.2, 0.25) is 5.65 Å². The molecule has 0 spiro atoms. The summed E-state index contributed by atoms with van der Waals surface area (Å²) < 4.78 is 40.0. The van der Waals surface area contributed by atoms with E-state index in [1.54, 1.807) is 18.2 Å². The van der Waals surface area contributed by atoms with E-state index in [1.165, 1.54) is 16.6 Å². The number of fused-ring (bicyclic) bond motifs is 3. The molecule has 2 heterocycles. The highest BCUT2D eigenvalue weighted by Crippen LogP contribution is 2.31. The van der Waals surface area contributed by atoms with E-state index in [4.69, 9.17) is 0 Å². The van der Waals surface area contributed by atoms with E-state index in [2.05, 4.69) is 25.8 Å². The molecule has 0 aliphatic heterocycles. The van der Waals surface area contributed by atoms with Crippen LogP contribution in [-0.4, -0.2) is 25.0 Å². The summed E-state index contributed by atoms with van der Waals surface area (Å²) in [4.78, 5) is 4.41. The van der Waals surface area contributed by atoms with Crippen LogP contribution in [0.2, 0.25) is 0 Å². The second kappa shape index (κ2) is 5.15. The Hall–Kier alpha value is -3.23. The van der Waals surface area contributed by atoms with Crippen molar-refractivity contribution < 1.29 is 13.2 Å². The van der Waals surface area contributed by atoms with E-state index in [-0.39, 0.29) is 11.5 Å². The van der Waals surface area contributed by atoms with Gasteiger partial charge in [-0.15, -0.1) is 5.10 Å². The average molecular weight is 330 g/mol. The highest BCUT2D eigenvalue weighted by atomic mass is 19.4. The Balaban J connectivity index is 1.83. The number of rotatable bonds is 2. The maximum atomic E-state index is 12.8. The average Bonchev–Trinajstić information content (AvgIpc) is 3.05. The van der Waals surface area contributed by atoms with Crippen molar-refractivity contribution in [3.8, 4) is 0 Å². The molecule has 9 heteroatoms. The molecule has 24 heavy (non-hydrogen) atoms. The number of tetrazole rings is 1. The van der Waals surface area contributed by atoms with Crippen molar-refractivity contribution in [1.82, 2.24) is 25.0 Å². The molecule has 2 aromatic heterocycles. The van der Waals surface area contributed by atoms with E-state index in [0.717, 1.165) is 12.1 Å². The van der Waals surface area contributed by atoms with Gasteiger partial charge < -0.3 is 5.32 Å². The van der Waals surface area contributed by atoms with Crippen LogP contribution < -0.4 is 5.32 Å². The number of benzene rings is 2. The Morgan fingerprint density at radius 3 is 2.67 bits per heavy atom. The van der Waals surface area contributed by atoms with Gasteiger partial charge in [-0.3, -0.25) is 0 Å². The van der Waals surface area contributed by atoms with Crippen molar-refractivity contribution in [2.45, 2.75) is 6.18 Å². The normalized spacial score (nSPS) is 12.0. The maximum absolute atomic E-state index is 12.8. The van der Waals surface area contributed by atoms with Gasteiger partial charge in [-0.1, -0.05) is 18.2 Å². The van der Waals surface area contributed by atoms with Crippen LogP contribution in [0.25, 0.3) is 16.7 Å². The molecule has 6 nitrogen and oxygen atoms in total. The number of nitrogens with zero attached hydrogens (tertiary/aromatic N) is 5. The van der Waals surface area contributed by atoms with Crippen LogP contribution >= 0.6 is 0 Å². The summed E-state index contributed by atoms with van der Waals surface area (Å²) in [6.07, 6.45) is -4.42. The number of nitrogens with one attached hydrogen (secondary N) is 1. The summed E-state index contributed by atoms with van der Waals surface area (Å²) in [5, 5.41) is 14.3. The molecule has 0 saturated carbocycles. The van der Waals surface area contributed by atoms with Gasteiger partial charge in [0.05, 0.1) is 16.6 Å². The zero-order valence-electron chi connectivity index (χ0n) is 12.0. The predicted octanol–water partition coefficient (Wildman–Crippen LogP) is 3.43. The summed E-state index contributed by atoms with van der Waals surface area (Å²) in [5.74, 6) is 0.276. The molecule has 0 fully saturated rings. The molecule has 4 rings (SSSR count). The minimum absolute atomic E-state index is 0.248. The van der Waals surface area contributed by atoms with Crippen molar-refractivity contribution >= 4 is 28.2 Å². The lowest BCUT2D eigenvalue weighted by Crippen LogP contribution is -2.06. The van der Waals surface area contributed by atoms with Gasteiger partial charge >= 0.3 is 6.18 Å². The van der Waals surface area contributed by atoms with Crippen molar-refractivity contribution in [2.24, 2.45) is 0 Å². The topological polar surface area (TPSA) is 68.0 Å². The molecule has 0 saturated heterocycles. The number of alkyl halides is 3. The highest BCUT2D eigenvalue weighted by molar-refractivity contribution is 5.83. The summed E-state index contributed by atoms with van der Waals surface area (Å²) in [6.45, 7) is 0. The molecule has 0 bridgehead atoms. The Labute approximate surface area is 132 Å². The third-order valence-corrected chi connectivity index (χ3v) is 3.48. The van der Waals surface area contributed by atoms with E-state index >= 15 is 0 Å². The first kappa shape index (κ1) is 14.4. The van der Waals surface area contributed by atoms with E-state index < -0.39 is 11.7 Å². The molecule has 2 aromatic carbocycles. The molecule has 120 valence electrons. The van der Waals surface area contributed by atoms with Crippen LogP contribution in [0.1, 0.15) is 5.56 Å². The van der Waals surface area contributed by atoms with Gasteiger partial charge in [0, 0.05) is 5.69 Å². The van der Waals surface area contributed by atoms with E-state index in [9.17, 15) is 13.2 Å². The summed E-state index contributed by atoms with van der Waals surface area (Å²) in [7, 11) is 0. The lowest BCUT2D eigenvalue weighted by molar-refractivity contribution is -0.137. The fraction of sp³-hybridized carbons (Fsp3) is 0.0667. The number of aromatic nitrogens is 5. The van der Waals surface area contributed by atoms with E-state index in [0.29, 0.717) is 16.7 Å². The minimum Gasteiger partial charge on any atom is -0.337 e. The fourth-order valence-electron chi connectivity index (χ4n) is 2.40. The minimum atomic E-state index is -4.42. The summed E-state index contributed by atoms with van der Waals surface area (Å²) in [6, 6.07) is 12.1. The van der Waals surface area contributed by atoms with Gasteiger partial charge in [0.1, 0.15) is 0 Å². The second-order valence-electron chi connectivity index (χ2n) is 5.07. The summed E-state index contributed by atoms with van der Waals surface area (Å²) in [5.41, 5.74) is 1.14. The Morgan fingerprint density at radius 2 is 1.83 bits per heavy atom. The standard InChI is InChI=1S/C15H9F3N6/c16-15(17,18)9-4-3-5-10(8-9)19-13-14-21-22-23-24(14)12-7-2-1-6-11(12)20-13/h1-8H,(H,19,20). The van der Waals surface area contributed by atoms with E-state index in [1.807, 2.05) is 6.07 Å². The van der Waals surface area contributed by atoms with Gasteiger partial charge in [-0.25, -0.2) is 4.98 Å². The van der Waals surface area contributed by atoms with Crippen molar-refractivity contribution in [3.05, 3.63) is 54.1 Å². The second-order valence-corrected chi connectivity index (χ2v) is 5.07. The van der Waals surface area contributed by atoms with Crippen LogP contribution in [0.15, 0.2) is 48.5 Å². The molecule has 1 N–H and O–H groups in total. The van der Waals surface area contributed by atoms with Gasteiger partial charge in [0.25, 0.3) is 0 Å². The molecular weight excluding hydrogens is 321 g/mol. The Bertz CT molecular complexity index is 1040. The van der Waals surface area contributed by atoms with Crippen LogP contribution in [0.4, 0.5) is 24.7 Å². The van der Waals surface area contributed by atoms with Crippen molar-refractivity contribution in [2.75, 3.05) is 5.32 Å². The molecule has 0 unspecified atom stereocenters. The van der Waals surface area contributed by atoms with Crippen LogP contribution in [0.5, 0.6) is 0 Å². The number of hydrogen-bond donors (Lipinski definition) is 1. The smallest absolute Gasteiger partial charge is 0.337 e. The molecule has 0 aliphatic rings. The first-order valence-corrected chi connectivity index (χ1v) is 6.93. The lowest BCUT2D eigenvalue weighted by Gasteiger charge is -2.11. The fourth-order valence-corrected chi connectivity index (χ4v) is 2.40. The molecule has 0 amide bonds. The van der Waals surface area contributed by atoms with Gasteiger partial charge in [0.15, 0.2) is 5.82 Å². The zero-order valence-corrected chi connectivity index (χ0v) is 12.0. The first-order valence-electron chi connectivity index (χ1n) is 6.93. The van der Waals surface area contributed by atoms with Crippen molar-refractivity contribution in [1.29, 1.82) is 0 Å². The van der Waals surface area contributed by atoms with Crippen LogP contribution in [0, 0.1) is 0 Å². The number of halogens is 3. The molecule has 0 atom stereocenters. The summed E-state index contributed by atoms with van der Waals surface area (Å²) >= 11 is 0. The van der Waals surface area contributed by atoms with Crippen LogP contribution in [-0.2, 0) is 6.18 Å². The maximum Gasteiger partial charge on any atom is 0.416 e. The molecule has 0 radical (unpaired) electrons. The predicted molar refractivity (Wildman–Crippen MR) is 80.8 cm³/mol. The third kappa shape index (κ3) is 2.39. The monoisotopic (exact) mass is 330 g/mol. The Morgan fingerprint density at radius 1 is 1.00 bits per heavy atom. The van der Waals surface area contributed by atoms with Crippen LogP contribution in [0.3, 0.4) is 0 Å². The lowest BCUT2D eigenvalue weighted by atomic mass is 10.2. The molecule has 4 aromatic rings. The van der Waals surface area contributed by atoms with Gasteiger partial charge in [-0.2, -0.15) is 17.7 Å². The SMILES string of the molecule is FC(F)(F)c1cccc(Nc2nc3ccccc3n3nnnc23)c1. The first-order chi connectivity index (χ1) is 11.5. The third-order valence-electron chi connectivity index (χ3n) is 3.48. The largest absolute Gasteiger partial charge is 0.416 e. The zero-order chi connectivity index (χ0) is 16.7. The highest BCUT2D eigenvalue weighted by Gasteiger charge is 2.30. The molecule has 0 aliphatic carbocycles. The molecular formula is C15H9F3N6. The van der Waals surface area contributed by atoms with Gasteiger partial charge in [-0.05, 0) is 40.8 Å².